The molecule has 0 bridgehead atoms. The molecule has 6 nitrogen and oxygen atoms in total. The van der Waals surface area contributed by atoms with Gasteiger partial charge in [0, 0.05) is 17.7 Å². The first-order chi connectivity index (χ1) is 13.6. The molecule has 0 saturated carbocycles. The summed E-state index contributed by atoms with van der Waals surface area (Å²) in [6, 6.07) is 13.3. The third-order valence-electron chi connectivity index (χ3n) is 4.69. The second-order valence-electron chi connectivity index (χ2n) is 7.98. The molecule has 0 saturated heterocycles. The Morgan fingerprint density at radius 3 is 1.90 bits per heavy atom. The molecular weight excluding hydrogens is 368 g/mol. The van der Waals surface area contributed by atoms with Crippen molar-refractivity contribution in [1.29, 1.82) is 0 Å². The molecule has 2 aromatic carbocycles. The Morgan fingerprint density at radius 1 is 0.897 bits per heavy atom. The van der Waals surface area contributed by atoms with Gasteiger partial charge in [-0.15, -0.1) is 0 Å². The van der Waals surface area contributed by atoms with E-state index in [4.69, 9.17) is 5.11 Å². The molecule has 2 rings (SSSR count). The van der Waals surface area contributed by atoms with Gasteiger partial charge in [-0.3, -0.25) is 9.59 Å². The van der Waals surface area contributed by atoms with E-state index in [9.17, 15) is 14.4 Å². The molecule has 0 aliphatic heterocycles. The van der Waals surface area contributed by atoms with Crippen LogP contribution in [0.4, 0.5) is 0 Å². The summed E-state index contributed by atoms with van der Waals surface area (Å²) < 4.78 is 0. The molecule has 0 spiro atoms. The fourth-order valence-corrected chi connectivity index (χ4v) is 2.76. The van der Waals surface area contributed by atoms with Crippen LogP contribution in [-0.4, -0.2) is 28.9 Å². The summed E-state index contributed by atoms with van der Waals surface area (Å²) in [5.74, 6) is -1.66. The highest BCUT2D eigenvalue weighted by Gasteiger charge is 2.18. The number of hydrogen-bond donors (Lipinski definition) is 3. The molecule has 0 aromatic heterocycles. The Hall–Kier alpha value is -3.15. The lowest BCUT2D eigenvalue weighted by Crippen LogP contribution is -2.40. The molecule has 1 atom stereocenters. The van der Waals surface area contributed by atoms with Gasteiger partial charge in [0.05, 0.1) is 0 Å². The second kappa shape index (κ2) is 9.37. The van der Waals surface area contributed by atoms with Gasteiger partial charge >= 0.3 is 5.97 Å². The quantitative estimate of drug-likeness (QED) is 0.667. The Balaban J connectivity index is 1.93. The highest BCUT2D eigenvalue weighted by atomic mass is 16.4. The number of amides is 2. The Bertz CT molecular complexity index is 865. The molecule has 3 N–H and O–H groups in total. The minimum Gasteiger partial charge on any atom is -0.480 e. The number of nitrogens with one attached hydrogen (secondary N) is 2. The predicted molar refractivity (Wildman–Crippen MR) is 112 cm³/mol. The van der Waals surface area contributed by atoms with Crippen LogP contribution in [0.25, 0.3) is 0 Å². The Morgan fingerprint density at radius 2 is 1.41 bits per heavy atom. The zero-order valence-corrected chi connectivity index (χ0v) is 17.3. The lowest BCUT2D eigenvalue weighted by molar-refractivity contribution is -0.139. The van der Waals surface area contributed by atoms with E-state index in [1.165, 1.54) is 0 Å². The number of benzene rings is 2. The van der Waals surface area contributed by atoms with E-state index in [2.05, 4.69) is 31.4 Å². The van der Waals surface area contributed by atoms with Crippen molar-refractivity contribution >= 4 is 17.8 Å². The van der Waals surface area contributed by atoms with Gasteiger partial charge < -0.3 is 15.7 Å². The third-order valence-corrected chi connectivity index (χ3v) is 4.69. The first-order valence-electron chi connectivity index (χ1n) is 9.63. The van der Waals surface area contributed by atoms with E-state index in [0.29, 0.717) is 24.1 Å². The molecule has 2 amide bonds. The SMILES string of the molecule is CCC(NC(=O)c1ccc(CNC(=O)c2ccc(C(C)(C)C)cc2)cc1)C(=O)O. The number of aliphatic carboxylic acids is 1. The molecule has 0 aliphatic rings. The minimum absolute atomic E-state index is 0.0324. The molecule has 0 heterocycles. The number of carboxylic acids is 1. The zero-order chi connectivity index (χ0) is 21.6. The summed E-state index contributed by atoms with van der Waals surface area (Å²) in [6.45, 7) is 8.39. The van der Waals surface area contributed by atoms with Gasteiger partial charge in [0.15, 0.2) is 0 Å². The highest BCUT2D eigenvalue weighted by molar-refractivity contribution is 5.96. The van der Waals surface area contributed by atoms with Crippen molar-refractivity contribution in [3.63, 3.8) is 0 Å². The fraction of sp³-hybridized carbons (Fsp3) is 0.348. The van der Waals surface area contributed by atoms with Gasteiger partial charge in [-0.25, -0.2) is 4.79 Å². The second-order valence-corrected chi connectivity index (χ2v) is 7.98. The van der Waals surface area contributed by atoms with Crippen LogP contribution >= 0.6 is 0 Å². The van der Waals surface area contributed by atoms with Crippen LogP contribution in [0, 0.1) is 0 Å². The summed E-state index contributed by atoms with van der Waals surface area (Å²) >= 11 is 0. The first-order valence-corrected chi connectivity index (χ1v) is 9.63. The lowest BCUT2D eigenvalue weighted by Gasteiger charge is -2.19. The van der Waals surface area contributed by atoms with Gasteiger partial charge in [0.1, 0.15) is 6.04 Å². The van der Waals surface area contributed by atoms with E-state index in [1.54, 1.807) is 31.2 Å². The molecule has 6 heteroatoms. The number of carbonyl (C=O) groups excluding carboxylic acids is 2. The Labute approximate surface area is 171 Å². The van der Waals surface area contributed by atoms with Crippen LogP contribution in [0.3, 0.4) is 0 Å². The van der Waals surface area contributed by atoms with Gasteiger partial charge in [-0.1, -0.05) is 52.0 Å². The maximum atomic E-state index is 12.3. The van der Waals surface area contributed by atoms with Crippen molar-refractivity contribution in [3.05, 3.63) is 70.8 Å². The maximum absolute atomic E-state index is 12.3. The molecule has 0 radical (unpaired) electrons. The van der Waals surface area contributed by atoms with Crippen molar-refractivity contribution in [1.82, 2.24) is 10.6 Å². The molecule has 1 unspecified atom stereocenters. The van der Waals surface area contributed by atoms with Gasteiger partial charge in [0.25, 0.3) is 11.8 Å². The molecule has 2 aromatic rings. The van der Waals surface area contributed by atoms with Crippen LogP contribution in [0.2, 0.25) is 0 Å². The molecule has 29 heavy (non-hydrogen) atoms. The number of hydrogen-bond acceptors (Lipinski definition) is 3. The maximum Gasteiger partial charge on any atom is 0.326 e. The van der Waals surface area contributed by atoms with Crippen LogP contribution in [0.1, 0.15) is 66.0 Å². The van der Waals surface area contributed by atoms with Crippen LogP contribution in [-0.2, 0) is 16.8 Å². The molecule has 0 aliphatic carbocycles. The van der Waals surface area contributed by atoms with E-state index in [1.807, 2.05) is 24.3 Å². The standard InChI is InChI=1S/C23H28N2O4/c1-5-19(22(28)29)25-21(27)17-8-6-15(7-9-17)14-24-20(26)16-10-12-18(13-11-16)23(2,3)4/h6-13,19H,5,14H2,1-4H3,(H,24,26)(H,25,27)(H,28,29). The third kappa shape index (κ3) is 6.17. The van der Waals surface area contributed by atoms with Crippen molar-refractivity contribution in [3.8, 4) is 0 Å². The van der Waals surface area contributed by atoms with Crippen LogP contribution in [0.5, 0.6) is 0 Å². The zero-order valence-electron chi connectivity index (χ0n) is 17.3. The Kier molecular flexibility index (Phi) is 7.15. The van der Waals surface area contributed by atoms with E-state index in [0.717, 1.165) is 11.1 Å². The number of carboxylic acid groups (broad SMARTS) is 1. The van der Waals surface area contributed by atoms with Gasteiger partial charge in [0.2, 0.25) is 0 Å². The smallest absolute Gasteiger partial charge is 0.326 e. The number of rotatable bonds is 7. The summed E-state index contributed by atoms with van der Waals surface area (Å²) in [6.07, 6.45) is 0.307. The predicted octanol–water partition coefficient (Wildman–Crippen LogP) is 3.51. The van der Waals surface area contributed by atoms with Gasteiger partial charge in [-0.05, 0) is 47.2 Å². The van der Waals surface area contributed by atoms with Crippen molar-refractivity contribution in [2.24, 2.45) is 0 Å². The van der Waals surface area contributed by atoms with Crippen molar-refractivity contribution in [2.45, 2.75) is 52.1 Å². The number of carbonyl (C=O) groups is 3. The largest absolute Gasteiger partial charge is 0.480 e. The molecule has 0 fully saturated rings. The monoisotopic (exact) mass is 396 g/mol. The highest BCUT2D eigenvalue weighted by Crippen LogP contribution is 2.22. The fourth-order valence-electron chi connectivity index (χ4n) is 2.76. The van der Waals surface area contributed by atoms with Crippen LogP contribution < -0.4 is 10.6 Å². The van der Waals surface area contributed by atoms with Crippen LogP contribution in [0.15, 0.2) is 48.5 Å². The molecular formula is C23H28N2O4. The molecule has 154 valence electrons. The lowest BCUT2D eigenvalue weighted by atomic mass is 9.87. The summed E-state index contributed by atoms with van der Waals surface area (Å²) in [5.41, 5.74) is 3.00. The first kappa shape index (κ1) is 22.1. The van der Waals surface area contributed by atoms with E-state index >= 15 is 0 Å². The summed E-state index contributed by atoms with van der Waals surface area (Å²) in [5, 5.41) is 14.4. The summed E-state index contributed by atoms with van der Waals surface area (Å²) in [7, 11) is 0. The summed E-state index contributed by atoms with van der Waals surface area (Å²) in [4.78, 5) is 35.5. The van der Waals surface area contributed by atoms with Gasteiger partial charge in [-0.2, -0.15) is 0 Å². The average Bonchev–Trinajstić information content (AvgIpc) is 2.69. The van der Waals surface area contributed by atoms with Crippen molar-refractivity contribution in [2.75, 3.05) is 0 Å². The van der Waals surface area contributed by atoms with Crippen molar-refractivity contribution < 1.29 is 19.5 Å². The normalized spacial score (nSPS) is 12.1. The van der Waals surface area contributed by atoms with E-state index < -0.39 is 17.9 Å². The average molecular weight is 396 g/mol. The van der Waals surface area contributed by atoms with E-state index in [-0.39, 0.29) is 11.3 Å². The minimum atomic E-state index is -1.06. The topological polar surface area (TPSA) is 95.5 Å².